The van der Waals surface area contributed by atoms with Crippen LogP contribution in [0.2, 0.25) is 0 Å². The number of hydrogen-bond donors (Lipinski definition) is 2. The Morgan fingerprint density at radius 2 is 2.18 bits per heavy atom. The van der Waals surface area contributed by atoms with E-state index in [1.54, 1.807) is 0 Å². The summed E-state index contributed by atoms with van der Waals surface area (Å²) in [5.74, 6) is 0.438. The van der Waals surface area contributed by atoms with Crippen LogP contribution in [0.25, 0.3) is 0 Å². The molecule has 0 radical (unpaired) electrons. The number of aromatic amines is 1. The Kier molecular flexibility index (Phi) is 3.96. The number of hydrogen-bond acceptors (Lipinski definition) is 2. The Morgan fingerprint density at radius 3 is 2.82 bits per heavy atom. The first kappa shape index (κ1) is 11.9. The van der Waals surface area contributed by atoms with E-state index < -0.39 is 0 Å². The van der Waals surface area contributed by atoms with Crippen LogP contribution in [0.4, 0.5) is 0 Å². The summed E-state index contributed by atoms with van der Waals surface area (Å²) in [6.07, 6.45) is 7.23. The number of carbonyl (C=O) groups is 2. The quantitative estimate of drug-likeness (QED) is 0.828. The topological polar surface area (TPSA) is 62.0 Å². The normalized spacial score (nSPS) is 17.1. The van der Waals surface area contributed by atoms with Gasteiger partial charge in [0.05, 0.1) is 0 Å². The highest BCUT2D eigenvalue weighted by molar-refractivity contribution is 5.84. The third kappa shape index (κ3) is 3.44. The molecular formula is C13H18N2O2. The molecule has 1 aromatic heterocycles. The minimum absolute atomic E-state index is 0.0407. The van der Waals surface area contributed by atoms with Gasteiger partial charge in [-0.3, -0.25) is 9.59 Å². The molecule has 1 aliphatic rings. The molecule has 1 aromatic rings. The number of carbonyl (C=O) groups excluding carboxylic acids is 2. The van der Waals surface area contributed by atoms with Gasteiger partial charge < -0.3 is 10.3 Å². The summed E-state index contributed by atoms with van der Waals surface area (Å²) in [6, 6.07) is 2.01. The molecule has 2 N–H and O–H groups in total. The average molecular weight is 234 g/mol. The highest BCUT2D eigenvalue weighted by atomic mass is 16.2. The summed E-state index contributed by atoms with van der Waals surface area (Å²) in [7, 11) is 0. The Labute approximate surface area is 101 Å². The molecule has 0 bridgehead atoms. The summed E-state index contributed by atoms with van der Waals surface area (Å²) >= 11 is 0. The first-order valence-electron chi connectivity index (χ1n) is 6.17. The fourth-order valence-corrected chi connectivity index (χ4v) is 2.19. The molecule has 1 aliphatic carbocycles. The molecule has 0 aromatic carbocycles. The van der Waals surface area contributed by atoms with Crippen LogP contribution in [0.15, 0.2) is 18.5 Å². The predicted molar refractivity (Wildman–Crippen MR) is 64.5 cm³/mol. The Bertz CT molecular complexity index is 374. The van der Waals surface area contributed by atoms with Gasteiger partial charge in [-0.25, -0.2) is 0 Å². The summed E-state index contributed by atoms with van der Waals surface area (Å²) in [6.45, 7) is 0.668. The van der Waals surface area contributed by atoms with Crippen molar-refractivity contribution in [3.8, 4) is 0 Å². The average Bonchev–Trinajstić information content (AvgIpc) is 2.83. The van der Waals surface area contributed by atoms with Crippen molar-refractivity contribution < 1.29 is 9.59 Å². The van der Waals surface area contributed by atoms with Gasteiger partial charge in [0.2, 0.25) is 5.91 Å². The zero-order valence-corrected chi connectivity index (χ0v) is 9.87. The number of nitrogens with one attached hydrogen (secondary N) is 2. The number of H-pyrrole nitrogens is 1. The van der Waals surface area contributed by atoms with E-state index in [4.69, 9.17) is 0 Å². The summed E-state index contributed by atoms with van der Waals surface area (Å²) in [4.78, 5) is 25.9. The lowest BCUT2D eigenvalue weighted by Gasteiger charge is -2.19. The highest BCUT2D eigenvalue weighted by Crippen LogP contribution is 2.21. The first-order valence-corrected chi connectivity index (χ1v) is 6.17. The Balaban J connectivity index is 1.68. The lowest BCUT2D eigenvalue weighted by Crippen LogP contribution is -2.34. The van der Waals surface area contributed by atoms with Crippen molar-refractivity contribution in [1.29, 1.82) is 0 Å². The van der Waals surface area contributed by atoms with Crippen LogP contribution in [0, 0.1) is 5.92 Å². The lowest BCUT2D eigenvalue weighted by atomic mass is 9.88. The molecule has 17 heavy (non-hydrogen) atoms. The van der Waals surface area contributed by atoms with Gasteiger partial charge in [0.25, 0.3) is 0 Å². The van der Waals surface area contributed by atoms with Crippen molar-refractivity contribution in [2.45, 2.75) is 32.1 Å². The van der Waals surface area contributed by atoms with Gasteiger partial charge in [-0.15, -0.1) is 0 Å². The van der Waals surface area contributed by atoms with E-state index in [0.717, 1.165) is 19.3 Å². The highest BCUT2D eigenvalue weighted by Gasteiger charge is 2.24. The van der Waals surface area contributed by atoms with Gasteiger partial charge in [0.15, 0.2) is 0 Å². The molecule has 2 rings (SSSR count). The lowest BCUT2D eigenvalue weighted by molar-refractivity contribution is -0.128. The molecule has 1 fully saturated rings. The maximum Gasteiger partial charge on any atom is 0.223 e. The molecule has 92 valence electrons. The van der Waals surface area contributed by atoms with E-state index in [9.17, 15) is 9.59 Å². The SMILES string of the molecule is O=C1CCC(C(=O)NCCc2cc[nH]c2)CC1. The molecule has 0 aliphatic heterocycles. The molecule has 0 spiro atoms. The van der Waals surface area contributed by atoms with E-state index in [2.05, 4.69) is 10.3 Å². The monoisotopic (exact) mass is 234 g/mol. The van der Waals surface area contributed by atoms with Gasteiger partial charge in [0, 0.05) is 37.7 Å². The van der Waals surface area contributed by atoms with E-state index in [0.29, 0.717) is 25.2 Å². The van der Waals surface area contributed by atoms with E-state index in [1.165, 1.54) is 5.56 Å². The Hall–Kier alpha value is -1.58. The number of ketones is 1. The predicted octanol–water partition coefficient (Wildman–Crippen LogP) is 1.43. The van der Waals surface area contributed by atoms with Crippen molar-refractivity contribution in [1.82, 2.24) is 10.3 Å². The fourth-order valence-electron chi connectivity index (χ4n) is 2.19. The molecule has 0 atom stereocenters. The molecule has 1 saturated carbocycles. The second-order valence-electron chi connectivity index (χ2n) is 4.57. The minimum atomic E-state index is 0.0407. The smallest absolute Gasteiger partial charge is 0.223 e. The van der Waals surface area contributed by atoms with Crippen LogP contribution in [0.3, 0.4) is 0 Å². The Morgan fingerprint density at radius 1 is 1.41 bits per heavy atom. The zero-order valence-electron chi connectivity index (χ0n) is 9.87. The van der Waals surface area contributed by atoms with Crippen LogP contribution in [-0.2, 0) is 16.0 Å². The third-order valence-electron chi connectivity index (χ3n) is 3.29. The third-order valence-corrected chi connectivity index (χ3v) is 3.29. The van der Waals surface area contributed by atoms with Crippen molar-refractivity contribution in [2.75, 3.05) is 6.54 Å². The summed E-state index contributed by atoms with van der Waals surface area (Å²) in [5.41, 5.74) is 1.20. The second kappa shape index (κ2) is 5.66. The summed E-state index contributed by atoms with van der Waals surface area (Å²) < 4.78 is 0. The van der Waals surface area contributed by atoms with Crippen molar-refractivity contribution in [2.24, 2.45) is 5.92 Å². The van der Waals surface area contributed by atoms with Crippen LogP contribution < -0.4 is 5.32 Å². The zero-order chi connectivity index (χ0) is 12.1. The number of rotatable bonds is 4. The second-order valence-corrected chi connectivity index (χ2v) is 4.57. The molecule has 0 unspecified atom stereocenters. The van der Waals surface area contributed by atoms with Gasteiger partial charge in [-0.1, -0.05) is 0 Å². The van der Waals surface area contributed by atoms with Crippen molar-refractivity contribution in [3.63, 3.8) is 0 Å². The van der Waals surface area contributed by atoms with Crippen LogP contribution >= 0.6 is 0 Å². The molecule has 1 heterocycles. The van der Waals surface area contributed by atoms with E-state index >= 15 is 0 Å². The van der Waals surface area contributed by atoms with Gasteiger partial charge >= 0.3 is 0 Å². The fraction of sp³-hybridized carbons (Fsp3) is 0.538. The maximum absolute atomic E-state index is 11.8. The maximum atomic E-state index is 11.8. The van der Waals surface area contributed by atoms with Gasteiger partial charge in [0.1, 0.15) is 5.78 Å². The van der Waals surface area contributed by atoms with Crippen LogP contribution in [0.5, 0.6) is 0 Å². The molecule has 1 amide bonds. The van der Waals surface area contributed by atoms with Gasteiger partial charge in [-0.2, -0.15) is 0 Å². The number of amides is 1. The van der Waals surface area contributed by atoms with Crippen LogP contribution in [0.1, 0.15) is 31.2 Å². The largest absolute Gasteiger partial charge is 0.367 e. The number of Topliss-reactive ketones (excluding diaryl/α,β-unsaturated/α-hetero) is 1. The van der Waals surface area contributed by atoms with E-state index in [1.807, 2.05) is 18.5 Å². The number of aromatic nitrogens is 1. The minimum Gasteiger partial charge on any atom is -0.367 e. The van der Waals surface area contributed by atoms with Crippen molar-refractivity contribution >= 4 is 11.7 Å². The van der Waals surface area contributed by atoms with Crippen LogP contribution in [-0.4, -0.2) is 23.2 Å². The summed E-state index contributed by atoms with van der Waals surface area (Å²) in [5, 5.41) is 2.94. The van der Waals surface area contributed by atoms with E-state index in [-0.39, 0.29) is 11.8 Å². The van der Waals surface area contributed by atoms with Gasteiger partial charge in [-0.05, 0) is 30.9 Å². The molecule has 4 heteroatoms. The standard InChI is InChI=1S/C13H18N2O2/c16-12-3-1-11(2-4-12)13(17)15-8-6-10-5-7-14-9-10/h5,7,9,11,14H,1-4,6,8H2,(H,15,17). The molecule has 0 saturated heterocycles. The molecular weight excluding hydrogens is 216 g/mol. The first-order chi connectivity index (χ1) is 8.25. The van der Waals surface area contributed by atoms with Crippen molar-refractivity contribution in [3.05, 3.63) is 24.0 Å². The molecule has 4 nitrogen and oxygen atoms in total.